The van der Waals surface area contributed by atoms with Gasteiger partial charge in [0.2, 0.25) is 0 Å². The fourth-order valence-corrected chi connectivity index (χ4v) is 3.36. The van der Waals surface area contributed by atoms with Crippen LogP contribution < -0.4 is 15.4 Å². The molecule has 1 saturated heterocycles. The molecule has 3 N–H and O–H groups in total. The highest BCUT2D eigenvalue weighted by Gasteiger charge is 2.31. The van der Waals surface area contributed by atoms with Gasteiger partial charge in [-0.05, 0) is 12.1 Å². The molecule has 0 amide bonds. The highest BCUT2D eigenvalue weighted by atomic mass is 16.5. The summed E-state index contributed by atoms with van der Waals surface area (Å²) in [4.78, 5) is 2.37. The molecular formula is C16H26N3O3+. The zero-order chi connectivity index (χ0) is 15.4. The molecule has 22 heavy (non-hydrogen) atoms. The van der Waals surface area contributed by atoms with Crippen molar-refractivity contribution in [1.29, 1.82) is 0 Å². The second kappa shape index (κ2) is 6.73. The first-order chi connectivity index (χ1) is 10.7. The number of ether oxygens (including phenoxy) is 2. The van der Waals surface area contributed by atoms with Crippen molar-refractivity contribution in [2.24, 2.45) is 0 Å². The van der Waals surface area contributed by atoms with Gasteiger partial charge in [0, 0.05) is 11.8 Å². The van der Waals surface area contributed by atoms with E-state index in [0.717, 1.165) is 74.1 Å². The van der Waals surface area contributed by atoms with E-state index in [0.29, 0.717) is 6.61 Å². The number of nitrogen functional groups attached to an aromatic ring is 1. The minimum Gasteiger partial charge on any atom is -0.489 e. The molecule has 1 aromatic rings. The fourth-order valence-electron chi connectivity index (χ4n) is 3.36. The van der Waals surface area contributed by atoms with Gasteiger partial charge >= 0.3 is 0 Å². The van der Waals surface area contributed by atoms with Crippen LogP contribution in [0.3, 0.4) is 0 Å². The molecule has 122 valence electrons. The molecule has 0 aliphatic carbocycles. The molecule has 6 nitrogen and oxygen atoms in total. The minimum atomic E-state index is 0.232. The Hall–Kier alpha value is -1.50. The molecule has 6 heteroatoms. The van der Waals surface area contributed by atoms with Crippen molar-refractivity contribution in [3.05, 3.63) is 18.2 Å². The summed E-state index contributed by atoms with van der Waals surface area (Å²) in [6.07, 6.45) is 0. The third-order valence-electron chi connectivity index (χ3n) is 4.78. The number of nitrogens with zero attached hydrogens (tertiary/aromatic N) is 2. The number of quaternary nitrogens is 1. The van der Waals surface area contributed by atoms with Crippen LogP contribution in [-0.4, -0.2) is 75.3 Å². The number of benzene rings is 1. The quantitative estimate of drug-likeness (QED) is 0.605. The maximum absolute atomic E-state index is 9.41. The Balaban J connectivity index is 1.68. The first-order valence-electron chi connectivity index (χ1n) is 8.03. The van der Waals surface area contributed by atoms with Crippen LogP contribution in [0.25, 0.3) is 0 Å². The van der Waals surface area contributed by atoms with Gasteiger partial charge in [0.1, 0.15) is 32.0 Å². The fraction of sp³-hybridized carbons (Fsp3) is 0.625. The minimum absolute atomic E-state index is 0.232. The van der Waals surface area contributed by atoms with Crippen molar-refractivity contribution < 1.29 is 19.1 Å². The van der Waals surface area contributed by atoms with Crippen molar-refractivity contribution in [3.63, 3.8) is 0 Å². The summed E-state index contributed by atoms with van der Waals surface area (Å²) in [5.74, 6) is 0.877. The lowest BCUT2D eigenvalue weighted by molar-refractivity contribution is -0.934. The van der Waals surface area contributed by atoms with E-state index in [-0.39, 0.29) is 6.61 Å². The van der Waals surface area contributed by atoms with Crippen molar-refractivity contribution in [1.82, 2.24) is 0 Å². The van der Waals surface area contributed by atoms with Crippen LogP contribution in [0.2, 0.25) is 0 Å². The number of nitrogens with two attached hydrogens (primary N) is 1. The molecule has 1 fully saturated rings. The lowest BCUT2D eigenvalue weighted by Crippen LogP contribution is -2.59. The number of fused-ring (bicyclic) bond motifs is 1. The van der Waals surface area contributed by atoms with Gasteiger partial charge in [-0.15, -0.1) is 0 Å². The number of aliphatic hydroxyl groups is 1. The predicted octanol–water partition coefficient (Wildman–Crippen LogP) is 0.307. The maximum atomic E-state index is 9.41. The van der Waals surface area contributed by atoms with Crippen LogP contribution >= 0.6 is 0 Å². The molecule has 2 heterocycles. The molecule has 2 aliphatic rings. The third kappa shape index (κ3) is 3.29. The van der Waals surface area contributed by atoms with Crippen molar-refractivity contribution in [2.45, 2.75) is 0 Å². The Kier molecular flexibility index (Phi) is 4.71. The summed E-state index contributed by atoms with van der Waals surface area (Å²) >= 11 is 0. The summed E-state index contributed by atoms with van der Waals surface area (Å²) < 4.78 is 12.1. The Bertz CT molecular complexity index is 498. The monoisotopic (exact) mass is 308 g/mol. The summed E-state index contributed by atoms with van der Waals surface area (Å²) in [5, 5.41) is 9.41. The lowest BCUT2D eigenvalue weighted by atomic mass is 10.2. The smallest absolute Gasteiger partial charge is 0.144 e. The van der Waals surface area contributed by atoms with Gasteiger partial charge in [0.25, 0.3) is 0 Å². The maximum Gasteiger partial charge on any atom is 0.144 e. The van der Waals surface area contributed by atoms with Gasteiger partial charge in [-0.3, -0.25) is 0 Å². The van der Waals surface area contributed by atoms with Crippen LogP contribution in [0.4, 0.5) is 11.4 Å². The predicted molar refractivity (Wildman–Crippen MR) is 86.2 cm³/mol. The molecule has 1 aromatic carbocycles. The molecule has 0 aromatic heterocycles. The van der Waals surface area contributed by atoms with Gasteiger partial charge in [-0.2, -0.15) is 0 Å². The lowest BCUT2D eigenvalue weighted by Gasteiger charge is -2.43. The van der Waals surface area contributed by atoms with E-state index in [9.17, 15) is 5.11 Å². The van der Waals surface area contributed by atoms with Crippen LogP contribution in [0.5, 0.6) is 5.75 Å². The zero-order valence-corrected chi connectivity index (χ0v) is 13.0. The largest absolute Gasteiger partial charge is 0.489 e. The highest BCUT2D eigenvalue weighted by Crippen LogP contribution is 2.33. The number of aliphatic hydroxyl groups excluding tert-OH is 1. The summed E-state index contributed by atoms with van der Waals surface area (Å²) in [6, 6.07) is 5.86. The van der Waals surface area contributed by atoms with E-state index >= 15 is 0 Å². The average Bonchev–Trinajstić information content (AvgIpc) is 2.54. The number of anilines is 2. The van der Waals surface area contributed by atoms with Crippen LogP contribution in [0, 0.1) is 0 Å². The van der Waals surface area contributed by atoms with E-state index in [4.69, 9.17) is 15.2 Å². The second-order valence-electron chi connectivity index (χ2n) is 6.13. The highest BCUT2D eigenvalue weighted by molar-refractivity contribution is 5.65. The van der Waals surface area contributed by atoms with Crippen LogP contribution in [-0.2, 0) is 4.74 Å². The van der Waals surface area contributed by atoms with Gasteiger partial charge in [0.05, 0.1) is 45.1 Å². The summed E-state index contributed by atoms with van der Waals surface area (Å²) in [6.45, 7) is 8.16. The number of morpholine rings is 1. The molecule has 0 radical (unpaired) electrons. The first kappa shape index (κ1) is 15.4. The van der Waals surface area contributed by atoms with Gasteiger partial charge < -0.3 is 29.7 Å². The van der Waals surface area contributed by atoms with Crippen LogP contribution in [0.1, 0.15) is 0 Å². The molecule has 0 unspecified atom stereocenters. The van der Waals surface area contributed by atoms with Gasteiger partial charge in [-0.1, -0.05) is 0 Å². The van der Waals surface area contributed by atoms with E-state index < -0.39 is 0 Å². The molecule has 0 bridgehead atoms. The van der Waals surface area contributed by atoms with E-state index in [1.165, 1.54) is 0 Å². The number of hydrogen-bond acceptors (Lipinski definition) is 5. The first-order valence-corrected chi connectivity index (χ1v) is 8.03. The number of hydrogen-bond donors (Lipinski definition) is 2. The van der Waals surface area contributed by atoms with E-state index in [1.54, 1.807) is 0 Å². The van der Waals surface area contributed by atoms with Crippen molar-refractivity contribution in [2.75, 3.05) is 76.3 Å². The van der Waals surface area contributed by atoms with Gasteiger partial charge in [0.15, 0.2) is 0 Å². The molecule has 0 saturated carbocycles. The summed E-state index contributed by atoms with van der Waals surface area (Å²) in [7, 11) is 0. The SMILES string of the molecule is Nc1ccc2c(c1)OCCN2CC[N+]1(CCO)CCOCC1. The Morgan fingerprint density at radius 2 is 2.00 bits per heavy atom. The Labute approximate surface area is 131 Å². The second-order valence-corrected chi connectivity index (χ2v) is 6.13. The van der Waals surface area contributed by atoms with Crippen molar-refractivity contribution >= 4 is 11.4 Å². The van der Waals surface area contributed by atoms with E-state index in [2.05, 4.69) is 4.90 Å². The topological polar surface area (TPSA) is 68.0 Å². The third-order valence-corrected chi connectivity index (χ3v) is 4.78. The van der Waals surface area contributed by atoms with Gasteiger partial charge in [-0.25, -0.2) is 0 Å². The normalized spacial score (nSPS) is 20.3. The zero-order valence-electron chi connectivity index (χ0n) is 13.0. The summed E-state index contributed by atoms with van der Waals surface area (Å²) in [5.41, 5.74) is 7.69. The van der Waals surface area contributed by atoms with Crippen molar-refractivity contribution in [3.8, 4) is 5.75 Å². The van der Waals surface area contributed by atoms with Crippen LogP contribution in [0.15, 0.2) is 18.2 Å². The number of rotatable bonds is 5. The molecule has 2 aliphatic heterocycles. The Morgan fingerprint density at radius 1 is 1.18 bits per heavy atom. The molecule has 3 rings (SSSR count). The van der Waals surface area contributed by atoms with E-state index in [1.807, 2.05) is 18.2 Å². The molecular weight excluding hydrogens is 282 g/mol. The standard InChI is InChI=1S/C16H26N3O3/c17-14-1-2-15-16(13-14)22-10-4-18(15)3-5-19(6-9-20)7-11-21-12-8-19/h1-2,13,20H,3-12,17H2/q+1. The molecule has 0 spiro atoms. The molecule has 0 atom stereocenters. The Morgan fingerprint density at radius 3 is 2.77 bits per heavy atom. The average molecular weight is 308 g/mol.